The van der Waals surface area contributed by atoms with E-state index in [0.717, 1.165) is 12.8 Å². The molecular weight excluding hydrogens is 407 g/mol. The zero-order valence-corrected chi connectivity index (χ0v) is 19.3. The summed E-state index contributed by atoms with van der Waals surface area (Å²) < 4.78 is 50.4. The van der Waals surface area contributed by atoms with Crippen molar-refractivity contribution in [1.82, 2.24) is 0 Å². The molecule has 0 aliphatic heterocycles. The van der Waals surface area contributed by atoms with Crippen molar-refractivity contribution in [2.24, 2.45) is 5.73 Å². The third kappa shape index (κ3) is 12.0. The third-order valence-corrected chi connectivity index (χ3v) is 4.76. The minimum absolute atomic E-state index is 0.296. The van der Waals surface area contributed by atoms with Crippen molar-refractivity contribution < 1.29 is 27.4 Å². The Balaban J connectivity index is 2.71. The standard InChI is InChI=1S/C24H38F3NO3/c1-5-6-7-8-9-10-11-15-30-20-14-12-13-19(16-20)17-23(28,18-24(25,26)27)21(29)31-22(2,3)4/h12-14,16H,5-11,15,17-18,28H2,1-4H3/t23-/m1/s1. The maximum atomic E-state index is 13.2. The van der Waals surface area contributed by atoms with E-state index in [4.69, 9.17) is 15.2 Å². The first-order valence-electron chi connectivity index (χ1n) is 11.2. The van der Waals surface area contributed by atoms with Crippen molar-refractivity contribution in [3.63, 3.8) is 0 Å². The van der Waals surface area contributed by atoms with E-state index in [9.17, 15) is 18.0 Å². The molecule has 0 bridgehead atoms. The van der Waals surface area contributed by atoms with Crippen LogP contribution in [0.1, 0.15) is 84.6 Å². The number of nitrogens with two attached hydrogens (primary N) is 1. The van der Waals surface area contributed by atoms with Gasteiger partial charge in [0.1, 0.15) is 16.9 Å². The summed E-state index contributed by atoms with van der Waals surface area (Å²) in [4.78, 5) is 12.5. The molecule has 1 atom stereocenters. The highest BCUT2D eigenvalue weighted by Gasteiger charge is 2.47. The highest BCUT2D eigenvalue weighted by molar-refractivity contribution is 5.81. The van der Waals surface area contributed by atoms with Crippen molar-refractivity contribution >= 4 is 5.97 Å². The van der Waals surface area contributed by atoms with E-state index in [0.29, 0.717) is 17.9 Å². The molecule has 0 radical (unpaired) electrons. The summed E-state index contributed by atoms with van der Waals surface area (Å²) in [5.74, 6) is -0.506. The van der Waals surface area contributed by atoms with Gasteiger partial charge in [-0.25, -0.2) is 0 Å². The molecule has 2 N–H and O–H groups in total. The zero-order valence-electron chi connectivity index (χ0n) is 19.3. The fraction of sp³-hybridized carbons (Fsp3) is 0.708. The Bertz CT molecular complexity index is 671. The van der Waals surface area contributed by atoms with E-state index in [-0.39, 0.29) is 6.42 Å². The van der Waals surface area contributed by atoms with Crippen LogP contribution >= 0.6 is 0 Å². The summed E-state index contributed by atoms with van der Waals surface area (Å²) in [5.41, 5.74) is 3.32. The molecule has 0 aromatic heterocycles. The summed E-state index contributed by atoms with van der Waals surface area (Å²) in [6, 6.07) is 6.73. The van der Waals surface area contributed by atoms with Gasteiger partial charge in [-0.05, 0) is 44.9 Å². The second-order valence-electron chi connectivity index (χ2n) is 9.24. The van der Waals surface area contributed by atoms with Gasteiger partial charge in [0.05, 0.1) is 13.0 Å². The van der Waals surface area contributed by atoms with Crippen molar-refractivity contribution in [2.75, 3.05) is 6.61 Å². The van der Waals surface area contributed by atoms with Crippen molar-refractivity contribution in [1.29, 1.82) is 0 Å². The average molecular weight is 446 g/mol. The van der Waals surface area contributed by atoms with Crippen LogP contribution < -0.4 is 10.5 Å². The molecule has 0 heterocycles. The fourth-order valence-corrected chi connectivity index (χ4v) is 3.30. The van der Waals surface area contributed by atoms with Gasteiger partial charge in [0, 0.05) is 6.42 Å². The predicted molar refractivity (Wildman–Crippen MR) is 117 cm³/mol. The Morgan fingerprint density at radius 1 is 1.00 bits per heavy atom. The third-order valence-electron chi connectivity index (χ3n) is 4.76. The lowest BCUT2D eigenvalue weighted by molar-refractivity contribution is -0.179. The van der Waals surface area contributed by atoms with Gasteiger partial charge in [-0.1, -0.05) is 57.6 Å². The van der Waals surface area contributed by atoms with Crippen molar-refractivity contribution in [2.45, 2.75) is 103 Å². The molecule has 0 saturated heterocycles. The smallest absolute Gasteiger partial charge is 0.391 e. The van der Waals surface area contributed by atoms with Gasteiger partial charge in [0.25, 0.3) is 0 Å². The van der Waals surface area contributed by atoms with Gasteiger partial charge in [-0.15, -0.1) is 0 Å². The number of halogens is 3. The van der Waals surface area contributed by atoms with E-state index in [1.807, 2.05) is 0 Å². The minimum atomic E-state index is -4.60. The molecule has 1 aromatic rings. The van der Waals surface area contributed by atoms with E-state index >= 15 is 0 Å². The van der Waals surface area contributed by atoms with Gasteiger partial charge >= 0.3 is 12.1 Å². The molecule has 0 fully saturated rings. The molecular formula is C24H38F3NO3. The fourth-order valence-electron chi connectivity index (χ4n) is 3.30. The first-order valence-corrected chi connectivity index (χ1v) is 11.2. The first-order chi connectivity index (χ1) is 14.3. The summed E-state index contributed by atoms with van der Waals surface area (Å²) in [6.45, 7) is 7.51. The number of hydrogen-bond acceptors (Lipinski definition) is 4. The highest BCUT2D eigenvalue weighted by atomic mass is 19.4. The molecule has 178 valence electrons. The minimum Gasteiger partial charge on any atom is -0.494 e. The molecule has 1 rings (SSSR count). The first kappa shape index (κ1) is 27.3. The normalized spacial score (nSPS) is 14.2. The second kappa shape index (κ2) is 12.3. The van der Waals surface area contributed by atoms with Gasteiger partial charge in [-0.2, -0.15) is 13.2 Å². The maximum Gasteiger partial charge on any atom is 0.391 e. The number of unbranched alkanes of at least 4 members (excludes halogenated alkanes) is 6. The van der Waals surface area contributed by atoms with Crippen LogP contribution in [0.4, 0.5) is 13.2 Å². The number of carbonyl (C=O) groups excluding carboxylic acids is 1. The molecule has 0 unspecified atom stereocenters. The topological polar surface area (TPSA) is 61.5 Å². The van der Waals surface area contributed by atoms with Crippen LogP contribution in [-0.4, -0.2) is 29.9 Å². The van der Waals surface area contributed by atoms with Gasteiger partial charge in [-0.3, -0.25) is 4.79 Å². The summed E-state index contributed by atoms with van der Waals surface area (Å²) >= 11 is 0. The Morgan fingerprint density at radius 2 is 1.61 bits per heavy atom. The Kier molecular flexibility index (Phi) is 10.8. The lowest BCUT2D eigenvalue weighted by Gasteiger charge is -2.32. The van der Waals surface area contributed by atoms with Crippen molar-refractivity contribution in [3.05, 3.63) is 29.8 Å². The van der Waals surface area contributed by atoms with Crippen LogP contribution in [0.5, 0.6) is 5.75 Å². The van der Waals surface area contributed by atoms with Crippen molar-refractivity contribution in [3.8, 4) is 5.75 Å². The van der Waals surface area contributed by atoms with Gasteiger partial charge in [0.2, 0.25) is 0 Å². The van der Waals surface area contributed by atoms with Crippen LogP contribution in [0.3, 0.4) is 0 Å². The molecule has 0 spiro atoms. The Hall–Kier alpha value is -1.76. The molecule has 1 aromatic carbocycles. The summed E-state index contributed by atoms with van der Waals surface area (Å²) in [7, 11) is 0. The summed E-state index contributed by atoms with van der Waals surface area (Å²) in [6.07, 6.45) is 1.80. The van der Waals surface area contributed by atoms with Crippen LogP contribution in [-0.2, 0) is 16.0 Å². The Morgan fingerprint density at radius 3 is 2.19 bits per heavy atom. The Labute approximate surface area is 184 Å². The molecule has 7 heteroatoms. The number of esters is 1. The second-order valence-corrected chi connectivity index (χ2v) is 9.24. The molecule has 0 amide bonds. The van der Waals surface area contributed by atoms with E-state index in [1.165, 1.54) is 32.1 Å². The van der Waals surface area contributed by atoms with Crippen LogP contribution in [0, 0.1) is 0 Å². The quantitative estimate of drug-likeness (QED) is 0.284. The zero-order chi connectivity index (χ0) is 23.5. The predicted octanol–water partition coefficient (Wildman–Crippen LogP) is 6.35. The largest absolute Gasteiger partial charge is 0.494 e. The number of benzene rings is 1. The van der Waals surface area contributed by atoms with E-state index in [1.54, 1.807) is 45.0 Å². The van der Waals surface area contributed by atoms with Gasteiger partial charge in [0.15, 0.2) is 0 Å². The number of rotatable bonds is 13. The van der Waals surface area contributed by atoms with E-state index in [2.05, 4.69) is 6.92 Å². The lowest BCUT2D eigenvalue weighted by Crippen LogP contribution is -2.55. The SMILES string of the molecule is CCCCCCCCCOc1cccc(C[C@@](N)(CC(F)(F)F)C(=O)OC(C)(C)C)c1. The number of hydrogen-bond donors (Lipinski definition) is 1. The van der Waals surface area contributed by atoms with Gasteiger partial charge < -0.3 is 15.2 Å². The summed E-state index contributed by atoms with van der Waals surface area (Å²) in [5, 5.41) is 0. The average Bonchev–Trinajstić information content (AvgIpc) is 2.61. The molecule has 4 nitrogen and oxygen atoms in total. The van der Waals surface area contributed by atoms with Crippen LogP contribution in [0.15, 0.2) is 24.3 Å². The molecule has 31 heavy (non-hydrogen) atoms. The number of ether oxygens (including phenoxy) is 2. The maximum absolute atomic E-state index is 13.2. The molecule has 0 saturated carbocycles. The molecule has 0 aliphatic carbocycles. The van der Waals surface area contributed by atoms with Crippen LogP contribution in [0.25, 0.3) is 0 Å². The number of alkyl halides is 3. The lowest BCUT2D eigenvalue weighted by atomic mass is 9.88. The van der Waals surface area contributed by atoms with Crippen LogP contribution in [0.2, 0.25) is 0 Å². The van der Waals surface area contributed by atoms with E-state index < -0.39 is 29.7 Å². The highest BCUT2D eigenvalue weighted by Crippen LogP contribution is 2.31. The number of carbonyl (C=O) groups is 1. The molecule has 0 aliphatic rings. The monoisotopic (exact) mass is 445 g/mol.